The van der Waals surface area contributed by atoms with Crippen molar-refractivity contribution >= 4 is 11.0 Å². The fraction of sp³-hybridized carbons (Fsp3) is 0.0769. The first-order valence-corrected chi connectivity index (χ1v) is 5.34. The van der Waals surface area contributed by atoms with E-state index in [2.05, 4.69) is 15.0 Å². The number of halogens is 1. The molecule has 4 heteroatoms. The molecule has 84 valence electrons. The summed E-state index contributed by atoms with van der Waals surface area (Å²) in [6, 6.07) is 8.43. The van der Waals surface area contributed by atoms with Crippen LogP contribution < -0.4 is 0 Å². The molecule has 3 nitrogen and oxygen atoms in total. The summed E-state index contributed by atoms with van der Waals surface area (Å²) in [5.74, 6) is 0.577. The molecular weight excluding hydrogens is 217 g/mol. The number of aromatic amines is 1. The average Bonchev–Trinajstić information content (AvgIpc) is 2.71. The zero-order valence-corrected chi connectivity index (χ0v) is 9.02. The molecular formula is C13H10FN3. The number of H-pyrrole nitrogens is 1. The van der Waals surface area contributed by atoms with Gasteiger partial charge in [0, 0.05) is 18.8 Å². The molecule has 1 N–H and O–H groups in total. The smallest absolute Gasteiger partial charge is 0.125 e. The maximum absolute atomic E-state index is 13.0. The molecule has 0 fully saturated rings. The van der Waals surface area contributed by atoms with Gasteiger partial charge in [-0.25, -0.2) is 9.37 Å². The Balaban J connectivity index is 1.96. The van der Waals surface area contributed by atoms with E-state index in [1.807, 2.05) is 12.1 Å². The number of hydrogen-bond donors (Lipinski definition) is 1. The lowest BCUT2D eigenvalue weighted by atomic mass is 10.2. The summed E-state index contributed by atoms with van der Waals surface area (Å²) in [5, 5.41) is 0. The lowest BCUT2D eigenvalue weighted by Crippen LogP contribution is -1.90. The van der Waals surface area contributed by atoms with Crippen molar-refractivity contribution in [1.29, 1.82) is 0 Å². The Hall–Kier alpha value is -2.23. The summed E-state index contributed by atoms with van der Waals surface area (Å²) in [6.45, 7) is 0. The fourth-order valence-corrected chi connectivity index (χ4v) is 1.81. The van der Waals surface area contributed by atoms with Gasteiger partial charge in [0.25, 0.3) is 0 Å². The zero-order chi connectivity index (χ0) is 11.7. The maximum atomic E-state index is 13.0. The third kappa shape index (κ3) is 2.01. The molecule has 0 bridgehead atoms. The van der Waals surface area contributed by atoms with Crippen LogP contribution in [0, 0.1) is 5.82 Å². The third-order valence-electron chi connectivity index (χ3n) is 2.61. The minimum absolute atomic E-state index is 0.253. The van der Waals surface area contributed by atoms with Gasteiger partial charge >= 0.3 is 0 Å². The second-order valence-electron chi connectivity index (χ2n) is 3.88. The monoisotopic (exact) mass is 227 g/mol. The molecule has 1 aromatic carbocycles. The van der Waals surface area contributed by atoms with Gasteiger partial charge in [-0.05, 0) is 35.9 Å². The van der Waals surface area contributed by atoms with E-state index in [0.717, 1.165) is 22.4 Å². The molecule has 2 heterocycles. The van der Waals surface area contributed by atoms with Gasteiger partial charge in [-0.1, -0.05) is 0 Å². The van der Waals surface area contributed by atoms with Crippen molar-refractivity contribution in [3.63, 3.8) is 0 Å². The van der Waals surface area contributed by atoms with Crippen LogP contribution in [0.3, 0.4) is 0 Å². The van der Waals surface area contributed by atoms with Gasteiger partial charge < -0.3 is 4.98 Å². The topological polar surface area (TPSA) is 41.6 Å². The largest absolute Gasteiger partial charge is 0.342 e. The van der Waals surface area contributed by atoms with Crippen LogP contribution in [0.4, 0.5) is 4.39 Å². The number of hydrogen-bond acceptors (Lipinski definition) is 2. The van der Waals surface area contributed by atoms with Gasteiger partial charge in [-0.3, -0.25) is 4.98 Å². The van der Waals surface area contributed by atoms with Gasteiger partial charge in [-0.15, -0.1) is 0 Å². The van der Waals surface area contributed by atoms with Crippen LogP contribution in [-0.2, 0) is 6.42 Å². The standard InChI is InChI=1S/C13H10FN3/c14-10-1-2-11-12(8-10)17-13(16-11)7-9-3-5-15-6-4-9/h1-6,8H,7H2,(H,16,17). The normalized spacial score (nSPS) is 10.9. The third-order valence-corrected chi connectivity index (χ3v) is 2.61. The van der Waals surface area contributed by atoms with E-state index in [1.54, 1.807) is 18.5 Å². The molecule has 0 saturated carbocycles. The summed E-state index contributed by atoms with van der Waals surface area (Å²) < 4.78 is 13.0. The first kappa shape index (κ1) is 9.96. The van der Waals surface area contributed by atoms with Gasteiger partial charge in [-0.2, -0.15) is 0 Å². The number of benzene rings is 1. The summed E-state index contributed by atoms with van der Waals surface area (Å²) in [7, 11) is 0. The first-order valence-electron chi connectivity index (χ1n) is 5.34. The number of pyridine rings is 1. The molecule has 0 amide bonds. The Morgan fingerprint density at radius 1 is 1.12 bits per heavy atom. The molecule has 3 aromatic rings. The van der Waals surface area contributed by atoms with Crippen molar-refractivity contribution in [3.05, 3.63) is 59.9 Å². The molecule has 0 radical (unpaired) electrons. The summed E-state index contributed by atoms with van der Waals surface area (Å²) in [5.41, 5.74) is 2.64. The molecule has 0 unspecified atom stereocenters. The highest BCUT2D eigenvalue weighted by molar-refractivity contribution is 5.75. The van der Waals surface area contributed by atoms with E-state index in [-0.39, 0.29) is 5.82 Å². The average molecular weight is 227 g/mol. The fourth-order valence-electron chi connectivity index (χ4n) is 1.81. The van der Waals surface area contributed by atoms with Crippen molar-refractivity contribution in [2.75, 3.05) is 0 Å². The first-order chi connectivity index (χ1) is 8.31. The van der Waals surface area contributed by atoms with Crippen LogP contribution in [-0.4, -0.2) is 15.0 Å². The lowest BCUT2D eigenvalue weighted by molar-refractivity contribution is 0.629. The molecule has 17 heavy (non-hydrogen) atoms. The molecule has 0 saturated heterocycles. The Kier molecular flexibility index (Phi) is 2.33. The Morgan fingerprint density at radius 3 is 2.76 bits per heavy atom. The summed E-state index contributed by atoms with van der Waals surface area (Å²) in [6.07, 6.45) is 4.19. The van der Waals surface area contributed by atoms with Crippen molar-refractivity contribution < 1.29 is 4.39 Å². The van der Waals surface area contributed by atoms with Crippen LogP contribution in [0.2, 0.25) is 0 Å². The van der Waals surface area contributed by atoms with Gasteiger partial charge in [0.1, 0.15) is 11.6 Å². The second-order valence-corrected chi connectivity index (χ2v) is 3.88. The zero-order valence-electron chi connectivity index (χ0n) is 9.02. The van der Waals surface area contributed by atoms with E-state index in [4.69, 9.17) is 0 Å². The second kappa shape index (κ2) is 3.97. The van der Waals surface area contributed by atoms with Gasteiger partial charge in [0.15, 0.2) is 0 Å². The van der Waals surface area contributed by atoms with E-state index >= 15 is 0 Å². The van der Waals surface area contributed by atoms with Crippen molar-refractivity contribution in [2.45, 2.75) is 6.42 Å². The van der Waals surface area contributed by atoms with E-state index in [1.165, 1.54) is 12.1 Å². The molecule has 0 aliphatic carbocycles. The van der Waals surface area contributed by atoms with Crippen molar-refractivity contribution in [1.82, 2.24) is 15.0 Å². The van der Waals surface area contributed by atoms with Crippen molar-refractivity contribution in [2.24, 2.45) is 0 Å². The molecule has 2 aromatic heterocycles. The van der Waals surface area contributed by atoms with Crippen LogP contribution in [0.15, 0.2) is 42.7 Å². The van der Waals surface area contributed by atoms with E-state index in [9.17, 15) is 4.39 Å². The van der Waals surface area contributed by atoms with Crippen LogP contribution in [0.1, 0.15) is 11.4 Å². The number of fused-ring (bicyclic) bond motifs is 1. The number of imidazole rings is 1. The summed E-state index contributed by atoms with van der Waals surface area (Å²) in [4.78, 5) is 11.5. The predicted octanol–water partition coefficient (Wildman–Crippen LogP) is 2.69. The Labute approximate surface area is 97.3 Å². The lowest BCUT2D eigenvalue weighted by Gasteiger charge is -1.95. The number of nitrogens with one attached hydrogen (secondary N) is 1. The van der Waals surface area contributed by atoms with Crippen LogP contribution in [0.25, 0.3) is 11.0 Å². The quantitative estimate of drug-likeness (QED) is 0.731. The Morgan fingerprint density at radius 2 is 1.94 bits per heavy atom. The minimum Gasteiger partial charge on any atom is -0.342 e. The number of nitrogens with zero attached hydrogens (tertiary/aromatic N) is 2. The Bertz CT molecular complexity index is 646. The highest BCUT2D eigenvalue weighted by Crippen LogP contribution is 2.14. The van der Waals surface area contributed by atoms with E-state index < -0.39 is 0 Å². The summed E-state index contributed by atoms with van der Waals surface area (Å²) >= 11 is 0. The SMILES string of the molecule is Fc1ccc2nc(Cc3ccncc3)[nH]c2c1. The van der Waals surface area contributed by atoms with Crippen molar-refractivity contribution in [3.8, 4) is 0 Å². The molecule has 0 aliphatic rings. The number of rotatable bonds is 2. The molecule has 0 aliphatic heterocycles. The van der Waals surface area contributed by atoms with Crippen LogP contribution in [0.5, 0.6) is 0 Å². The number of aromatic nitrogens is 3. The van der Waals surface area contributed by atoms with Crippen LogP contribution >= 0.6 is 0 Å². The predicted molar refractivity (Wildman–Crippen MR) is 63.1 cm³/mol. The minimum atomic E-state index is -0.253. The molecule has 0 atom stereocenters. The van der Waals surface area contributed by atoms with Gasteiger partial charge in [0.2, 0.25) is 0 Å². The highest BCUT2D eigenvalue weighted by Gasteiger charge is 2.04. The highest BCUT2D eigenvalue weighted by atomic mass is 19.1. The molecule has 0 spiro atoms. The van der Waals surface area contributed by atoms with Gasteiger partial charge in [0.05, 0.1) is 11.0 Å². The molecule has 3 rings (SSSR count). The maximum Gasteiger partial charge on any atom is 0.125 e. The van der Waals surface area contributed by atoms with E-state index in [0.29, 0.717) is 6.42 Å².